The average Bonchev–Trinajstić information content (AvgIpc) is 2.94. The summed E-state index contributed by atoms with van der Waals surface area (Å²) in [6, 6.07) is 12.9. The Morgan fingerprint density at radius 2 is 2.00 bits per heavy atom. The van der Waals surface area contributed by atoms with Gasteiger partial charge in [0.15, 0.2) is 0 Å². The summed E-state index contributed by atoms with van der Waals surface area (Å²) in [5, 5.41) is 6.38. The highest BCUT2D eigenvalue weighted by Gasteiger charge is 2.24. The van der Waals surface area contributed by atoms with E-state index in [1.54, 1.807) is 0 Å². The molecule has 1 aromatic heterocycles. The van der Waals surface area contributed by atoms with Gasteiger partial charge in [-0.2, -0.15) is 0 Å². The molecule has 1 aliphatic rings. The van der Waals surface area contributed by atoms with Gasteiger partial charge in [0.05, 0.1) is 6.04 Å². The molecule has 0 saturated carbocycles. The summed E-state index contributed by atoms with van der Waals surface area (Å²) in [5.74, 6) is 0. The van der Waals surface area contributed by atoms with Crippen molar-refractivity contribution in [3.8, 4) is 0 Å². The number of piperazine rings is 1. The molecule has 4 heteroatoms. The van der Waals surface area contributed by atoms with Crippen LogP contribution in [0.2, 0.25) is 5.02 Å². The van der Waals surface area contributed by atoms with Crippen LogP contribution in [-0.4, -0.2) is 31.1 Å². The van der Waals surface area contributed by atoms with Gasteiger partial charge in [-0.05, 0) is 29.1 Å². The zero-order valence-electron chi connectivity index (χ0n) is 10.7. The summed E-state index contributed by atoms with van der Waals surface area (Å²) in [6.07, 6.45) is 0. The summed E-state index contributed by atoms with van der Waals surface area (Å²) < 4.78 is 0. The standard InChI is InChI=1S/C15H17ClN2S/c16-13-4-1-3-12(11-13)15(14-5-2-10-19-14)18-8-6-17-7-9-18/h1-5,10-11,15,17H,6-9H2/t15-/m1/s1. The number of rotatable bonds is 3. The van der Waals surface area contributed by atoms with Gasteiger partial charge in [-0.1, -0.05) is 29.8 Å². The van der Waals surface area contributed by atoms with Crippen molar-refractivity contribution in [2.45, 2.75) is 6.04 Å². The summed E-state index contributed by atoms with van der Waals surface area (Å²) in [4.78, 5) is 3.93. The Bertz CT molecular complexity index is 521. The van der Waals surface area contributed by atoms with Gasteiger partial charge in [0, 0.05) is 36.1 Å². The molecule has 0 amide bonds. The Morgan fingerprint density at radius 3 is 2.68 bits per heavy atom. The highest BCUT2D eigenvalue weighted by molar-refractivity contribution is 7.10. The minimum absolute atomic E-state index is 0.334. The largest absolute Gasteiger partial charge is 0.314 e. The Balaban J connectivity index is 1.96. The zero-order chi connectivity index (χ0) is 13.1. The highest BCUT2D eigenvalue weighted by atomic mass is 35.5. The third-order valence-electron chi connectivity index (χ3n) is 3.49. The van der Waals surface area contributed by atoms with Crippen molar-refractivity contribution in [1.29, 1.82) is 0 Å². The maximum Gasteiger partial charge on any atom is 0.0697 e. The van der Waals surface area contributed by atoms with Crippen LogP contribution in [0.4, 0.5) is 0 Å². The molecule has 1 aliphatic heterocycles. The second kappa shape index (κ2) is 6.06. The number of hydrogen-bond donors (Lipinski definition) is 1. The predicted molar refractivity (Wildman–Crippen MR) is 82.1 cm³/mol. The lowest BCUT2D eigenvalue weighted by atomic mass is 10.0. The zero-order valence-corrected chi connectivity index (χ0v) is 12.3. The van der Waals surface area contributed by atoms with Gasteiger partial charge < -0.3 is 5.32 Å². The van der Waals surface area contributed by atoms with Crippen LogP contribution < -0.4 is 5.32 Å². The fourth-order valence-electron chi connectivity index (χ4n) is 2.62. The van der Waals surface area contributed by atoms with E-state index in [0.717, 1.165) is 31.2 Å². The van der Waals surface area contributed by atoms with E-state index >= 15 is 0 Å². The smallest absolute Gasteiger partial charge is 0.0697 e. The Morgan fingerprint density at radius 1 is 1.16 bits per heavy atom. The number of hydrogen-bond acceptors (Lipinski definition) is 3. The van der Waals surface area contributed by atoms with Gasteiger partial charge in [0.25, 0.3) is 0 Å². The lowest BCUT2D eigenvalue weighted by Crippen LogP contribution is -2.45. The number of halogens is 1. The van der Waals surface area contributed by atoms with Gasteiger partial charge in [-0.25, -0.2) is 0 Å². The van der Waals surface area contributed by atoms with Crippen LogP contribution in [0.15, 0.2) is 41.8 Å². The molecule has 0 spiro atoms. The summed E-state index contributed by atoms with van der Waals surface area (Å²) in [5.41, 5.74) is 1.29. The lowest BCUT2D eigenvalue weighted by molar-refractivity contribution is 0.200. The molecule has 1 N–H and O–H groups in total. The molecule has 2 nitrogen and oxygen atoms in total. The molecular formula is C15H17ClN2S. The maximum absolute atomic E-state index is 6.16. The molecule has 19 heavy (non-hydrogen) atoms. The van der Waals surface area contributed by atoms with E-state index in [0.29, 0.717) is 6.04 Å². The minimum atomic E-state index is 0.334. The van der Waals surface area contributed by atoms with Crippen molar-refractivity contribution in [1.82, 2.24) is 10.2 Å². The molecule has 100 valence electrons. The Labute approximate surface area is 123 Å². The predicted octanol–water partition coefficient (Wildman–Crippen LogP) is 3.40. The molecule has 0 bridgehead atoms. The molecule has 1 fully saturated rings. The van der Waals surface area contributed by atoms with E-state index in [1.807, 2.05) is 23.5 Å². The fraction of sp³-hybridized carbons (Fsp3) is 0.333. The Hall–Kier alpha value is -0.870. The maximum atomic E-state index is 6.16. The van der Waals surface area contributed by atoms with Crippen molar-refractivity contribution in [2.24, 2.45) is 0 Å². The topological polar surface area (TPSA) is 15.3 Å². The molecule has 0 aliphatic carbocycles. The van der Waals surface area contributed by atoms with E-state index < -0.39 is 0 Å². The SMILES string of the molecule is Clc1cccc([C@H](c2cccs2)N2CCNCC2)c1. The first-order valence-corrected chi connectivity index (χ1v) is 7.84. The number of thiophene rings is 1. The van der Waals surface area contributed by atoms with Crippen molar-refractivity contribution in [2.75, 3.05) is 26.2 Å². The van der Waals surface area contributed by atoms with Crippen LogP contribution in [0.3, 0.4) is 0 Å². The third-order valence-corrected chi connectivity index (χ3v) is 4.65. The van der Waals surface area contributed by atoms with Crippen molar-refractivity contribution >= 4 is 22.9 Å². The van der Waals surface area contributed by atoms with E-state index in [9.17, 15) is 0 Å². The number of nitrogens with one attached hydrogen (secondary N) is 1. The summed E-state index contributed by atoms with van der Waals surface area (Å²) in [7, 11) is 0. The minimum Gasteiger partial charge on any atom is -0.314 e. The highest BCUT2D eigenvalue weighted by Crippen LogP contribution is 2.32. The van der Waals surface area contributed by atoms with Crippen LogP contribution in [0.1, 0.15) is 16.5 Å². The second-order valence-electron chi connectivity index (χ2n) is 4.76. The summed E-state index contributed by atoms with van der Waals surface area (Å²) >= 11 is 7.98. The molecule has 1 atom stereocenters. The van der Waals surface area contributed by atoms with Crippen molar-refractivity contribution < 1.29 is 0 Å². The third kappa shape index (κ3) is 3.00. The molecule has 2 aromatic rings. The Kier molecular flexibility index (Phi) is 4.18. The first-order chi connectivity index (χ1) is 9.34. The van der Waals surface area contributed by atoms with E-state index in [-0.39, 0.29) is 0 Å². The summed E-state index contributed by atoms with van der Waals surface area (Å²) in [6.45, 7) is 4.27. The normalized spacial score (nSPS) is 18.4. The molecule has 0 unspecified atom stereocenters. The molecule has 3 rings (SSSR count). The first kappa shape index (κ1) is 13.1. The van der Waals surface area contributed by atoms with Crippen LogP contribution in [0.25, 0.3) is 0 Å². The monoisotopic (exact) mass is 292 g/mol. The second-order valence-corrected chi connectivity index (χ2v) is 6.17. The van der Waals surface area contributed by atoms with Crippen molar-refractivity contribution in [3.05, 3.63) is 57.2 Å². The molecule has 2 heterocycles. The van der Waals surface area contributed by atoms with Gasteiger partial charge in [-0.3, -0.25) is 4.90 Å². The molecule has 0 radical (unpaired) electrons. The first-order valence-electron chi connectivity index (χ1n) is 6.58. The molecular weight excluding hydrogens is 276 g/mol. The van der Waals surface area contributed by atoms with Gasteiger partial charge in [0.2, 0.25) is 0 Å². The fourth-order valence-corrected chi connectivity index (χ4v) is 3.70. The van der Waals surface area contributed by atoms with Gasteiger partial charge in [-0.15, -0.1) is 11.3 Å². The van der Waals surface area contributed by atoms with Crippen LogP contribution in [-0.2, 0) is 0 Å². The molecule has 1 aromatic carbocycles. The van der Waals surface area contributed by atoms with E-state index in [4.69, 9.17) is 11.6 Å². The quantitative estimate of drug-likeness (QED) is 0.933. The van der Waals surface area contributed by atoms with Gasteiger partial charge >= 0.3 is 0 Å². The molecule has 1 saturated heterocycles. The van der Waals surface area contributed by atoms with Crippen LogP contribution in [0.5, 0.6) is 0 Å². The van der Waals surface area contributed by atoms with E-state index in [1.165, 1.54) is 10.4 Å². The van der Waals surface area contributed by atoms with Gasteiger partial charge in [0.1, 0.15) is 0 Å². The lowest BCUT2D eigenvalue weighted by Gasteiger charge is -2.34. The van der Waals surface area contributed by atoms with Crippen molar-refractivity contribution in [3.63, 3.8) is 0 Å². The van der Waals surface area contributed by atoms with Crippen LogP contribution >= 0.6 is 22.9 Å². The number of benzene rings is 1. The average molecular weight is 293 g/mol. The van der Waals surface area contributed by atoms with E-state index in [2.05, 4.69) is 39.9 Å². The number of nitrogens with zero attached hydrogens (tertiary/aromatic N) is 1. The van der Waals surface area contributed by atoms with Crippen LogP contribution in [0, 0.1) is 0 Å².